The van der Waals surface area contributed by atoms with Crippen LogP contribution < -0.4 is 14.8 Å². The average Bonchev–Trinajstić information content (AvgIpc) is 2.53. The van der Waals surface area contributed by atoms with Gasteiger partial charge >= 0.3 is 6.09 Å². The van der Waals surface area contributed by atoms with Crippen molar-refractivity contribution in [2.24, 2.45) is 0 Å². The number of ether oxygens (including phenoxy) is 3. The highest BCUT2D eigenvalue weighted by Gasteiger charge is 2.21. The second-order valence-electron chi connectivity index (χ2n) is 6.84. The van der Waals surface area contributed by atoms with Crippen molar-refractivity contribution in [3.63, 3.8) is 0 Å². The Morgan fingerprint density at radius 3 is 2.72 bits per heavy atom. The highest BCUT2D eigenvalue weighted by molar-refractivity contribution is 6.32. The number of rotatable bonds is 6. The van der Waals surface area contributed by atoms with Crippen LogP contribution in [0.25, 0.3) is 0 Å². The number of hydrogen-bond donors (Lipinski definition) is 1. The van der Waals surface area contributed by atoms with Gasteiger partial charge in [0.2, 0.25) is 0 Å². The third kappa shape index (κ3) is 5.97. The van der Waals surface area contributed by atoms with Gasteiger partial charge in [-0.1, -0.05) is 11.6 Å². The molecule has 6 nitrogen and oxygen atoms in total. The molecule has 0 spiro atoms. The molecule has 1 N–H and O–H groups in total. The van der Waals surface area contributed by atoms with E-state index in [0.29, 0.717) is 55.9 Å². The topological polar surface area (TPSA) is 60.0 Å². The molecule has 1 aromatic rings. The monoisotopic (exact) mass is 370 g/mol. The molecule has 0 saturated heterocycles. The van der Waals surface area contributed by atoms with Gasteiger partial charge in [0.05, 0.1) is 5.02 Å². The normalized spacial score (nSPS) is 13.5. The van der Waals surface area contributed by atoms with E-state index in [1.807, 2.05) is 39.8 Å². The molecule has 7 heteroatoms. The lowest BCUT2D eigenvalue weighted by Gasteiger charge is -2.26. The fourth-order valence-electron chi connectivity index (χ4n) is 2.42. The summed E-state index contributed by atoms with van der Waals surface area (Å²) in [6, 6.07) is 3.80. The molecular weight excluding hydrogens is 344 g/mol. The summed E-state index contributed by atoms with van der Waals surface area (Å²) in [6.07, 6.45) is -0.292. The molecule has 0 atom stereocenters. The van der Waals surface area contributed by atoms with E-state index >= 15 is 0 Å². The number of carbonyl (C=O) groups excluding carboxylic acids is 1. The van der Waals surface area contributed by atoms with Crippen molar-refractivity contribution in [3.05, 3.63) is 22.7 Å². The molecule has 0 bridgehead atoms. The minimum absolute atomic E-state index is 0.292. The van der Waals surface area contributed by atoms with Crippen LogP contribution in [0.5, 0.6) is 11.5 Å². The van der Waals surface area contributed by atoms with E-state index in [-0.39, 0.29) is 6.09 Å². The van der Waals surface area contributed by atoms with Gasteiger partial charge in [0, 0.05) is 26.2 Å². The molecule has 140 valence electrons. The number of benzene rings is 1. The molecule has 1 heterocycles. The lowest BCUT2D eigenvalue weighted by atomic mass is 10.2. The van der Waals surface area contributed by atoms with Crippen LogP contribution in [0.1, 0.15) is 33.3 Å². The minimum atomic E-state index is -0.486. The maximum atomic E-state index is 12.1. The van der Waals surface area contributed by atoms with E-state index in [1.54, 1.807) is 4.90 Å². The van der Waals surface area contributed by atoms with Gasteiger partial charge < -0.3 is 24.4 Å². The molecule has 1 aromatic carbocycles. The average molecular weight is 371 g/mol. The van der Waals surface area contributed by atoms with Crippen LogP contribution in [0.3, 0.4) is 0 Å². The first kappa shape index (κ1) is 19.7. The fraction of sp³-hybridized carbons (Fsp3) is 0.611. The van der Waals surface area contributed by atoms with E-state index in [4.69, 9.17) is 25.8 Å². The molecule has 0 aromatic heterocycles. The number of nitrogens with one attached hydrogen (secondary N) is 1. The lowest BCUT2D eigenvalue weighted by Crippen LogP contribution is -2.40. The second-order valence-corrected chi connectivity index (χ2v) is 7.25. The molecule has 1 aliphatic heterocycles. The molecule has 0 saturated carbocycles. The molecule has 25 heavy (non-hydrogen) atoms. The second kappa shape index (κ2) is 8.63. The Hall–Kier alpha value is -1.66. The lowest BCUT2D eigenvalue weighted by molar-refractivity contribution is 0.0262. The summed E-state index contributed by atoms with van der Waals surface area (Å²) in [6.45, 7) is 11.0. The quantitative estimate of drug-likeness (QED) is 0.777. The number of nitrogens with zero attached hydrogens (tertiary/aromatic N) is 1. The Morgan fingerprint density at radius 1 is 1.32 bits per heavy atom. The number of fused-ring (bicyclic) bond motifs is 1. The molecule has 1 aliphatic rings. The first-order valence-electron chi connectivity index (χ1n) is 8.57. The Balaban J connectivity index is 1.82. The minimum Gasteiger partial charge on any atom is -0.486 e. The number of hydrogen-bond acceptors (Lipinski definition) is 5. The van der Waals surface area contributed by atoms with Gasteiger partial charge in [0.1, 0.15) is 18.8 Å². The number of halogens is 1. The van der Waals surface area contributed by atoms with Gasteiger partial charge in [-0.3, -0.25) is 0 Å². The van der Waals surface area contributed by atoms with E-state index in [1.165, 1.54) is 0 Å². The van der Waals surface area contributed by atoms with Crippen LogP contribution in [0.15, 0.2) is 12.1 Å². The Kier molecular flexibility index (Phi) is 6.79. The van der Waals surface area contributed by atoms with Crippen LogP contribution in [0, 0.1) is 0 Å². The van der Waals surface area contributed by atoms with Crippen LogP contribution in [-0.4, -0.2) is 49.4 Å². The van der Waals surface area contributed by atoms with Gasteiger partial charge in [-0.2, -0.15) is 0 Å². The molecule has 0 unspecified atom stereocenters. The van der Waals surface area contributed by atoms with Crippen molar-refractivity contribution >= 4 is 17.7 Å². The molecule has 0 fully saturated rings. The van der Waals surface area contributed by atoms with Crippen molar-refractivity contribution in [3.8, 4) is 11.5 Å². The maximum absolute atomic E-state index is 12.1. The van der Waals surface area contributed by atoms with Crippen molar-refractivity contribution in [1.82, 2.24) is 10.2 Å². The zero-order valence-electron chi connectivity index (χ0n) is 15.4. The first-order chi connectivity index (χ1) is 11.8. The summed E-state index contributed by atoms with van der Waals surface area (Å²) in [5.41, 5.74) is 0.523. The van der Waals surface area contributed by atoms with E-state index in [2.05, 4.69) is 5.32 Å². The molecular formula is C18H27ClN2O4. The van der Waals surface area contributed by atoms with Gasteiger partial charge in [-0.25, -0.2) is 4.79 Å². The molecule has 0 aliphatic carbocycles. The summed E-state index contributed by atoms with van der Waals surface area (Å²) >= 11 is 6.23. The predicted octanol–water partition coefficient (Wildman–Crippen LogP) is 3.46. The van der Waals surface area contributed by atoms with E-state index in [9.17, 15) is 4.79 Å². The van der Waals surface area contributed by atoms with Crippen LogP contribution >= 0.6 is 11.6 Å². The standard InChI is InChI=1S/C18H27ClN2O4/c1-5-21(17(22)25-18(2,3)4)7-6-20-12-13-10-14(19)16-15(11-13)23-8-9-24-16/h10-11,20H,5-9,12H2,1-4H3. The number of likely N-dealkylation sites (N-methyl/N-ethyl adjacent to an activating group) is 1. The van der Waals surface area contributed by atoms with Crippen LogP contribution in [-0.2, 0) is 11.3 Å². The highest BCUT2D eigenvalue weighted by atomic mass is 35.5. The van der Waals surface area contributed by atoms with Gasteiger partial charge in [0.15, 0.2) is 11.5 Å². The van der Waals surface area contributed by atoms with Crippen molar-refractivity contribution < 1.29 is 19.0 Å². The largest absolute Gasteiger partial charge is 0.486 e. The Morgan fingerprint density at radius 2 is 2.04 bits per heavy atom. The SMILES string of the molecule is CCN(CCNCc1cc(Cl)c2c(c1)OCCO2)C(=O)OC(C)(C)C. The zero-order valence-corrected chi connectivity index (χ0v) is 16.1. The molecule has 1 amide bonds. The molecule has 2 rings (SSSR count). The Bertz CT molecular complexity index is 601. The van der Waals surface area contributed by atoms with E-state index < -0.39 is 5.60 Å². The maximum Gasteiger partial charge on any atom is 0.410 e. The summed E-state index contributed by atoms with van der Waals surface area (Å²) < 4.78 is 16.5. The zero-order chi connectivity index (χ0) is 18.4. The van der Waals surface area contributed by atoms with Crippen LogP contribution in [0.4, 0.5) is 4.79 Å². The van der Waals surface area contributed by atoms with Crippen molar-refractivity contribution in [1.29, 1.82) is 0 Å². The summed E-state index contributed by atoms with van der Waals surface area (Å²) in [7, 11) is 0. The number of amides is 1. The van der Waals surface area contributed by atoms with Gasteiger partial charge in [-0.05, 0) is 45.4 Å². The van der Waals surface area contributed by atoms with E-state index in [0.717, 1.165) is 5.56 Å². The smallest absolute Gasteiger partial charge is 0.410 e. The fourth-order valence-corrected chi connectivity index (χ4v) is 2.71. The third-order valence-corrected chi connectivity index (χ3v) is 3.86. The van der Waals surface area contributed by atoms with Crippen molar-refractivity contribution in [2.45, 2.75) is 39.8 Å². The number of carbonyl (C=O) groups is 1. The Labute approximate surface area is 154 Å². The van der Waals surface area contributed by atoms with Gasteiger partial charge in [0.25, 0.3) is 0 Å². The third-order valence-electron chi connectivity index (χ3n) is 3.58. The first-order valence-corrected chi connectivity index (χ1v) is 8.94. The molecule has 0 radical (unpaired) electrons. The summed E-state index contributed by atoms with van der Waals surface area (Å²) in [5.74, 6) is 1.29. The van der Waals surface area contributed by atoms with Crippen molar-refractivity contribution in [2.75, 3.05) is 32.8 Å². The summed E-state index contributed by atoms with van der Waals surface area (Å²) in [4.78, 5) is 13.8. The van der Waals surface area contributed by atoms with Gasteiger partial charge in [-0.15, -0.1) is 0 Å². The van der Waals surface area contributed by atoms with Crippen LogP contribution in [0.2, 0.25) is 5.02 Å². The predicted molar refractivity (Wildman–Crippen MR) is 97.6 cm³/mol. The highest BCUT2D eigenvalue weighted by Crippen LogP contribution is 2.38. The summed E-state index contributed by atoms with van der Waals surface area (Å²) in [5, 5.41) is 3.87.